The van der Waals surface area contributed by atoms with Crippen molar-refractivity contribution in [2.45, 2.75) is 39.7 Å². The Morgan fingerprint density at radius 1 is 1.21 bits per heavy atom. The quantitative estimate of drug-likeness (QED) is 0.713. The number of aliphatic imine (C=N–C) groups is 1. The Kier molecular flexibility index (Phi) is 5.14. The highest BCUT2D eigenvalue weighted by Gasteiger charge is 2.18. The summed E-state index contributed by atoms with van der Waals surface area (Å²) >= 11 is 0. The lowest BCUT2D eigenvalue weighted by Gasteiger charge is -2.25. The van der Waals surface area contributed by atoms with E-state index in [0.29, 0.717) is 0 Å². The van der Waals surface area contributed by atoms with Gasteiger partial charge in [0.05, 0.1) is 12.9 Å². The first kappa shape index (κ1) is 16.5. The third kappa shape index (κ3) is 4.34. The number of allylic oxidation sites excluding steroid dienone is 1. The number of hydrogen-bond acceptors (Lipinski definition) is 3. The molecule has 0 unspecified atom stereocenters. The van der Waals surface area contributed by atoms with Gasteiger partial charge < -0.3 is 9.30 Å². The van der Waals surface area contributed by atoms with Gasteiger partial charge in [-0.05, 0) is 29.9 Å². The second-order valence-corrected chi connectivity index (χ2v) is 7.00. The summed E-state index contributed by atoms with van der Waals surface area (Å²) in [6.07, 6.45) is 12.6. The van der Waals surface area contributed by atoms with Crippen LogP contribution in [0.4, 0.5) is 0 Å². The molecule has 0 bridgehead atoms. The third-order valence-electron chi connectivity index (χ3n) is 4.52. The Hall–Kier alpha value is -2.36. The molecule has 1 aliphatic heterocycles. The first-order valence-corrected chi connectivity index (χ1v) is 8.53. The molecular weight excluding hydrogens is 298 g/mol. The van der Waals surface area contributed by atoms with Crippen molar-refractivity contribution < 1.29 is 4.74 Å². The molecule has 1 aromatic heterocycles. The Balaban J connectivity index is 1.52. The van der Waals surface area contributed by atoms with E-state index in [1.54, 1.807) is 0 Å². The van der Waals surface area contributed by atoms with E-state index in [0.717, 1.165) is 43.7 Å². The van der Waals surface area contributed by atoms with Crippen LogP contribution >= 0.6 is 0 Å². The maximum absolute atomic E-state index is 6.11. The fourth-order valence-electron chi connectivity index (χ4n) is 2.80. The van der Waals surface area contributed by atoms with E-state index >= 15 is 0 Å². The van der Waals surface area contributed by atoms with E-state index in [4.69, 9.17) is 4.74 Å². The second-order valence-electron chi connectivity index (χ2n) is 7.00. The van der Waals surface area contributed by atoms with Crippen LogP contribution in [0.1, 0.15) is 38.7 Å². The van der Waals surface area contributed by atoms with Gasteiger partial charge in [-0.25, -0.2) is 4.98 Å². The first-order valence-electron chi connectivity index (χ1n) is 8.53. The lowest BCUT2D eigenvalue weighted by molar-refractivity contribution is 0.210. The molecule has 4 nitrogen and oxygen atoms in total. The Morgan fingerprint density at radius 2 is 2.08 bits per heavy atom. The van der Waals surface area contributed by atoms with Crippen molar-refractivity contribution in [2.75, 3.05) is 6.61 Å². The minimum Gasteiger partial charge on any atom is -0.493 e. The van der Waals surface area contributed by atoms with E-state index < -0.39 is 0 Å². The zero-order chi connectivity index (χ0) is 16.8. The summed E-state index contributed by atoms with van der Waals surface area (Å²) in [5.41, 5.74) is 2.62. The highest BCUT2D eigenvalue weighted by Crippen LogP contribution is 2.31. The summed E-state index contributed by atoms with van der Waals surface area (Å²) in [6, 6.07) is 8.24. The van der Waals surface area contributed by atoms with E-state index in [9.17, 15) is 0 Å². The Bertz CT molecular complexity index is 714. The predicted octanol–water partition coefficient (Wildman–Crippen LogP) is 4.58. The van der Waals surface area contributed by atoms with Crippen LogP contribution in [-0.2, 0) is 6.54 Å². The van der Waals surface area contributed by atoms with Gasteiger partial charge in [-0.2, -0.15) is 0 Å². The van der Waals surface area contributed by atoms with Gasteiger partial charge in [0.25, 0.3) is 0 Å². The van der Waals surface area contributed by atoms with Crippen molar-refractivity contribution in [3.63, 3.8) is 0 Å². The number of rotatable bonds is 8. The zero-order valence-corrected chi connectivity index (χ0v) is 14.5. The van der Waals surface area contributed by atoms with Gasteiger partial charge >= 0.3 is 0 Å². The average molecular weight is 323 g/mol. The van der Waals surface area contributed by atoms with Crippen LogP contribution in [0.3, 0.4) is 0 Å². The molecule has 0 aliphatic carbocycles. The molecule has 0 radical (unpaired) electrons. The maximum atomic E-state index is 6.11. The summed E-state index contributed by atoms with van der Waals surface area (Å²) in [5.74, 6) is 0.958. The molecule has 0 fully saturated rings. The van der Waals surface area contributed by atoms with E-state index in [2.05, 4.69) is 40.5 Å². The molecule has 0 spiro atoms. The van der Waals surface area contributed by atoms with Crippen molar-refractivity contribution in [3.8, 4) is 5.75 Å². The van der Waals surface area contributed by atoms with Gasteiger partial charge in [0, 0.05) is 43.3 Å². The molecule has 0 atom stereocenters. The van der Waals surface area contributed by atoms with Gasteiger partial charge in [0.15, 0.2) is 0 Å². The molecule has 126 valence electrons. The summed E-state index contributed by atoms with van der Waals surface area (Å²) in [7, 11) is 0. The number of benzene rings is 1. The smallest absolute Gasteiger partial charge is 0.126 e. The lowest BCUT2D eigenvalue weighted by atomic mass is 9.86. The molecule has 3 rings (SSSR count). The van der Waals surface area contributed by atoms with Crippen LogP contribution in [0.25, 0.3) is 5.57 Å². The number of nitrogens with zero attached hydrogens (tertiary/aromatic N) is 3. The van der Waals surface area contributed by atoms with Crippen molar-refractivity contribution >= 4 is 11.8 Å². The zero-order valence-electron chi connectivity index (χ0n) is 14.5. The van der Waals surface area contributed by atoms with Crippen molar-refractivity contribution in [2.24, 2.45) is 10.4 Å². The number of aromatic nitrogens is 2. The van der Waals surface area contributed by atoms with Crippen molar-refractivity contribution in [3.05, 3.63) is 54.7 Å². The van der Waals surface area contributed by atoms with Crippen LogP contribution in [0, 0.1) is 5.41 Å². The normalized spacial score (nSPS) is 14.0. The standard InChI is InChI=1S/C20H25N3O/c1-20(2,8-12-23-13-11-22-16-23)9-14-24-19-6-4-3-5-18(19)17-7-10-21-15-17/h3-6,10-11,13,15-16H,7-9,12,14H2,1-2H3. The second kappa shape index (κ2) is 7.47. The molecule has 0 N–H and O–H groups in total. The highest BCUT2D eigenvalue weighted by molar-refractivity contribution is 5.86. The first-order chi connectivity index (χ1) is 11.6. The fourth-order valence-corrected chi connectivity index (χ4v) is 2.80. The SMILES string of the molecule is CC(C)(CCOc1ccccc1C1=CN=CC1)CCn1ccnc1. The summed E-state index contributed by atoms with van der Waals surface area (Å²) in [4.78, 5) is 8.30. The van der Waals surface area contributed by atoms with Gasteiger partial charge in [0.1, 0.15) is 5.75 Å². The predicted molar refractivity (Wildman–Crippen MR) is 98.3 cm³/mol. The van der Waals surface area contributed by atoms with Crippen LogP contribution in [0.2, 0.25) is 0 Å². The highest BCUT2D eigenvalue weighted by atomic mass is 16.5. The maximum Gasteiger partial charge on any atom is 0.126 e. The van der Waals surface area contributed by atoms with Gasteiger partial charge in [0.2, 0.25) is 0 Å². The average Bonchev–Trinajstić information content (AvgIpc) is 3.27. The van der Waals surface area contributed by atoms with Gasteiger partial charge in [-0.3, -0.25) is 4.99 Å². The third-order valence-corrected chi connectivity index (χ3v) is 4.52. The molecule has 0 amide bonds. The van der Waals surface area contributed by atoms with Crippen LogP contribution in [0.15, 0.2) is 54.2 Å². The molecule has 24 heavy (non-hydrogen) atoms. The molecular formula is C20H25N3O. The van der Waals surface area contributed by atoms with Crippen LogP contribution in [0.5, 0.6) is 5.75 Å². The largest absolute Gasteiger partial charge is 0.493 e. The molecule has 0 saturated heterocycles. The minimum atomic E-state index is 0.231. The number of ether oxygens (including phenoxy) is 1. The van der Waals surface area contributed by atoms with E-state index in [1.807, 2.05) is 43.3 Å². The van der Waals surface area contributed by atoms with Crippen molar-refractivity contribution in [1.82, 2.24) is 9.55 Å². The monoisotopic (exact) mass is 323 g/mol. The number of para-hydroxylation sites is 1. The van der Waals surface area contributed by atoms with Gasteiger partial charge in [-0.1, -0.05) is 32.0 Å². The number of imidazole rings is 1. The summed E-state index contributed by atoms with van der Waals surface area (Å²) < 4.78 is 8.24. The summed E-state index contributed by atoms with van der Waals surface area (Å²) in [5, 5.41) is 0. The fraction of sp³-hybridized carbons (Fsp3) is 0.400. The van der Waals surface area contributed by atoms with E-state index in [-0.39, 0.29) is 5.41 Å². The molecule has 4 heteroatoms. The minimum absolute atomic E-state index is 0.231. The molecule has 2 heterocycles. The lowest BCUT2D eigenvalue weighted by Crippen LogP contribution is -2.18. The number of aryl methyl sites for hydroxylation is 1. The van der Waals surface area contributed by atoms with E-state index in [1.165, 1.54) is 5.57 Å². The molecule has 0 saturated carbocycles. The summed E-state index contributed by atoms with van der Waals surface area (Å²) in [6.45, 7) is 6.31. The molecule has 1 aliphatic rings. The Labute approximate surface area is 143 Å². The molecule has 2 aromatic rings. The topological polar surface area (TPSA) is 39.4 Å². The van der Waals surface area contributed by atoms with Crippen molar-refractivity contribution in [1.29, 1.82) is 0 Å². The van der Waals surface area contributed by atoms with Crippen LogP contribution in [-0.4, -0.2) is 22.4 Å². The van der Waals surface area contributed by atoms with Gasteiger partial charge in [-0.15, -0.1) is 0 Å². The molecule has 1 aromatic carbocycles. The van der Waals surface area contributed by atoms with Crippen LogP contribution < -0.4 is 4.74 Å². The number of hydrogen-bond donors (Lipinski definition) is 0. The Morgan fingerprint density at radius 3 is 2.83 bits per heavy atom.